The quantitative estimate of drug-likeness (QED) is 0.728. The monoisotopic (exact) mass is 261 g/mol. The van der Waals surface area contributed by atoms with Crippen LogP contribution in [-0.4, -0.2) is 31.2 Å². The zero-order chi connectivity index (χ0) is 12.9. The Morgan fingerprint density at radius 3 is 2.71 bits per heavy atom. The van der Waals surface area contributed by atoms with E-state index in [1.165, 1.54) is 12.5 Å². The molecule has 0 aliphatic carbocycles. The summed E-state index contributed by atoms with van der Waals surface area (Å²) < 4.78 is 29.0. The molecule has 0 aromatic carbocycles. The van der Waals surface area contributed by atoms with Crippen molar-refractivity contribution >= 4 is 10.0 Å². The predicted molar refractivity (Wildman–Crippen MR) is 63.9 cm³/mol. The van der Waals surface area contributed by atoms with Gasteiger partial charge in [-0.25, -0.2) is 18.5 Å². The number of nitrogens with zero attached hydrogens (tertiary/aromatic N) is 2. The highest BCUT2D eigenvalue weighted by atomic mass is 32.2. The first-order valence-electron chi connectivity index (χ1n) is 5.52. The summed E-state index contributed by atoms with van der Waals surface area (Å²) in [6.45, 7) is 6.09. The number of hydrogen-bond donors (Lipinski definition) is 1. The Morgan fingerprint density at radius 2 is 2.18 bits per heavy atom. The number of aromatic nitrogens is 2. The van der Waals surface area contributed by atoms with Crippen LogP contribution in [-0.2, 0) is 21.3 Å². The van der Waals surface area contributed by atoms with Gasteiger partial charge in [-0.15, -0.1) is 0 Å². The zero-order valence-corrected chi connectivity index (χ0v) is 11.0. The van der Waals surface area contributed by atoms with E-state index in [1.807, 2.05) is 0 Å². The van der Waals surface area contributed by atoms with E-state index < -0.39 is 10.0 Å². The topological polar surface area (TPSA) is 87.2 Å². The lowest BCUT2D eigenvalue weighted by Gasteiger charge is -2.06. The molecule has 0 spiro atoms. The van der Waals surface area contributed by atoms with Crippen molar-refractivity contribution in [2.24, 2.45) is 11.1 Å². The molecular formula is C10H19N3O3S. The molecule has 0 unspecified atom stereocenters. The maximum Gasteiger partial charge on any atom is 0.257 e. The van der Waals surface area contributed by atoms with Crippen LogP contribution in [0.5, 0.6) is 0 Å². The fraction of sp³-hybridized carbons (Fsp3) is 0.700. The Hall–Kier alpha value is -0.920. The zero-order valence-electron chi connectivity index (χ0n) is 10.2. The van der Waals surface area contributed by atoms with Crippen molar-refractivity contribution in [3.05, 3.63) is 12.5 Å². The Labute approximate surface area is 102 Å². The van der Waals surface area contributed by atoms with Crippen molar-refractivity contribution in [1.29, 1.82) is 0 Å². The predicted octanol–water partition coefficient (Wildman–Crippen LogP) is 0.593. The molecule has 0 aliphatic heterocycles. The van der Waals surface area contributed by atoms with E-state index in [0.717, 1.165) is 6.42 Å². The first-order valence-corrected chi connectivity index (χ1v) is 7.06. The molecule has 0 aliphatic rings. The average Bonchev–Trinajstić information content (AvgIpc) is 2.64. The second kappa shape index (κ2) is 6.13. The van der Waals surface area contributed by atoms with Gasteiger partial charge in [-0.05, 0) is 12.3 Å². The highest BCUT2D eigenvalue weighted by molar-refractivity contribution is 7.89. The van der Waals surface area contributed by atoms with E-state index in [0.29, 0.717) is 25.7 Å². The van der Waals surface area contributed by atoms with Crippen LogP contribution in [0.3, 0.4) is 0 Å². The summed E-state index contributed by atoms with van der Waals surface area (Å²) in [5, 5.41) is 4.83. The normalized spacial score (nSPS) is 12.2. The van der Waals surface area contributed by atoms with Gasteiger partial charge < -0.3 is 9.30 Å². The molecule has 0 amide bonds. The lowest BCUT2D eigenvalue weighted by atomic mass is 10.1. The van der Waals surface area contributed by atoms with Gasteiger partial charge in [0.25, 0.3) is 10.0 Å². The summed E-state index contributed by atoms with van der Waals surface area (Å²) in [6, 6.07) is 0. The number of nitrogens with two attached hydrogens (primary N) is 1. The van der Waals surface area contributed by atoms with E-state index >= 15 is 0 Å². The first kappa shape index (κ1) is 14.1. The molecule has 1 rings (SSSR count). The molecule has 17 heavy (non-hydrogen) atoms. The van der Waals surface area contributed by atoms with E-state index in [2.05, 4.69) is 18.8 Å². The van der Waals surface area contributed by atoms with Gasteiger partial charge in [0.2, 0.25) is 0 Å². The summed E-state index contributed by atoms with van der Waals surface area (Å²) in [5.41, 5.74) is 0. The molecule has 0 bridgehead atoms. The number of sulfonamides is 1. The molecule has 0 saturated heterocycles. The fourth-order valence-electron chi connectivity index (χ4n) is 1.20. The molecule has 7 heteroatoms. The summed E-state index contributed by atoms with van der Waals surface area (Å²) in [7, 11) is -3.70. The standard InChI is InChI=1S/C10H19N3O3S/c1-9(2)3-5-16-6-4-13-7-10(12-8-13)17(11,14)15/h7-9H,3-6H2,1-2H3,(H2,11,14,15). The molecule has 1 aromatic heterocycles. The number of primary sulfonamides is 1. The van der Waals surface area contributed by atoms with Crippen molar-refractivity contribution in [1.82, 2.24) is 9.55 Å². The average molecular weight is 261 g/mol. The van der Waals surface area contributed by atoms with Crippen LogP contribution in [0.1, 0.15) is 20.3 Å². The Balaban J connectivity index is 2.31. The van der Waals surface area contributed by atoms with Crippen LogP contribution >= 0.6 is 0 Å². The van der Waals surface area contributed by atoms with E-state index in [1.54, 1.807) is 4.57 Å². The van der Waals surface area contributed by atoms with Gasteiger partial charge in [0.15, 0.2) is 5.03 Å². The minimum Gasteiger partial charge on any atom is -0.380 e. The van der Waals surface area contributed by atoms with Crippen molar-refractivity contribution in [3.8, 4) is 0 Å². The molecule has 2 N–H and O–H groups in total. The van der Waals surface area contributed by atoms with Crippen LogP contribution < -0.4 is 5.14 Å². The SMILES string of the molecule is CC(C)CCOCCn1cnc(S(N)(=O)=O)c1. The summed E-state index contributed by atoms with van der Waals surface area (Å²) in [4.78, 5) is 3.71. The summed E-state index contributed by atoms with van der Waals surface area (Å²) >= 11 is 0. The van der Waals surface area contributed by atoms with Gasteiger partial charge in [-0.3, -0.25) is 0 Å². The summed E-state index contributed by atoms with van der Waals surface area (Å²) in [6.07, 6.45) is 3.86. The third-order valence-corrected chi connectivity index (χ3v) is 3.03. The van der Waals surface area contributed by atoms with Gasteiger partial charge in [0, 0.05) is 19.3 Å². The largest absolute Gasteiger partial charge is 0.380 e. The van der Waals surface area contributed by atoms with E-state index in [4.69, 9.17) is 9.88 Å². The lowest BCUT2D eigenvalue weighted by Crippen LogP contribution is -2.12. The molecular weight excluding hydrogens is 242 g/mol. The van der Waals surface area contributed by atoms with Crippen molar-refractivity contribution in [2.75, 3.05) is 13.2 Å². The molecule has 1 heterocycles. The maximum atomic E-state index is 11.0. The molecule has 0 fully saturated rings. The first-order chi connectivity index (χ1) is 7.89. The Kier molecular flexibility index (Phi) is 5.10. The third kappa shape index (κ3) is 5.29. The van der Waals surface area contributed by atoms with Crippen LogP contribution in [0.25, 0.3) is 0 Å². The number of rotatable bonds is 7. The fourth-order valence-corrected chi connectivity index (χ4v) is 1.68. The number of hydrogen-bond acceptors (Lipinski definition) is 4. The summed E-state index contributed by atoms with van der Waals surface area (Å²) in [5.74, 6) is 0.622. The molecule has 0 radical (unpaired) electrons. The van der Waals surface area contributed by atoms with Gasteiger partial charge in [-0.2, -0.15) is 0 Å². The molecule has 6 nitrogen and oxygen atoms in total. The van der Waals surface area contributed by atoms with Crippen LogP contribution in [0.2, 0.25) is 0 Å². The van der Waals surface area contributed by atoms with Crippen LogP contribution in [0, 0.1) is 5.92 Å². The van der Waals surface area contributed by atoms with Crippen molar-refractivity contribution < 1.29 is 13.2 Å². The van der Waals surface area contributed by atoms with Crippen molar-refractivity contribution in [3.63, 3.8) is 0 Å². The second-order valence-electron chi connectivity index (χ2n) is 4.29. The molecule has 1 aromatic rings. The number of ether oxygens (including phenoxy) is 1. The number of imidazole rings is 1. The van der Waals surface area contributed by atoms with Gasteiger partial charge in [0.05, 0.1) is 12.9 Å². The highest BCUT2D eigenvalue weighted by Gasteiger charge is 2.10. The molecule has 0 atom stereocenters. The van der Waals surface area contributed by atoms with Gasteiger partial charge in [-0.1, -0.05) is 13.8 Å². The van der Waals surface area contributed by atoms with Gasteiger partial charge in [0.1, 0.15) is 0 Å². The minimum atomic E-state index is -3.70. The lowest BCUT2D eigenvalue weighted by molar-refractivity contribution is 0.116. The third-order valence-electron chi connectivity index (χ3n) is 2.23. The second-order valence-corrected chi connectivity index (χ2v) is 5.80. The highest BCUT2D eigenvalue weighted by Crippen LogP contribution is 2.02. The van der Waals surface area contributed by atoms with E-state index in [9.17, 15) is 8.42 Å². The maximum absolute atomic E-state index is 11.0. The van der Waals surface area contributed by atoms with E-state index in [-0.39, 0.29) is 5.03 Å². The Bertz CT molecular complexity index is 439. The van der Waals surface area contributed by atoms with Crippen molar-refractivity contribution in [2.45, 2.75) is 31.8 Å². The van der Waals surface area contributed by atoms with Gasteiger partial charge >= 0.3 is 0 Å². The molecule has 98 valence electrons. The van der Waals surface area contributed by atoms with Crippen LogP contribution in [0.4, 0.5) is 0 Å². The van der Waals surface area contributed by atoms with Crippen LogP contribution in [0.15, 0.2) is 17.6 Å². The minimum absolute atomic E-state index is 0.111. The Morgan fingerprint density at radius 1 is 1.47 bits per heavy atom. The smallest absolute Gasteiger partial charge is 0.257 e. The molecule has 0 saturated carbocycles.